The smallest absolute Gasteiger partial charge is 0.326 e. The number of nitrogens with two attached hydrogens (primary N) is 6. The van der Waals surface area contributed by atoms with Gasteiger partial charge in [0.2, 0.25) is 23.6 Å². The van der Waals surface area contributed by atoms with Gasteiger partial charge in [-0.1, -0.05) is 0 Å². The van der Waals surface area contributed by atoms with Crippen LogP contribution in [-0.4, -0.2) is 83.9 Å². The molecule has 0 spiro atoms. The first-order valence-corrected chi connectivity index (χ1v) is 11.0. The Hall–Kier alpha value is -4.15. The molecule has 0 aromatic carbocycles. The van der Waals surface area contributed by atoms with E-state index in [-0.39, 0.29) is 50.7 Å². The van der Waals surface area contributed by atoms with Crippen LogP contribution in [0, 0.1) is 0 Å². The van der Waals surface area contributed by atoms with Crippen molar-refractivity contribution >= 4 is 41.5 Å². The zero-order valence-corrected chi connectivity index (χ0v) is 20.1. The largest absolute Gasteiger partial charge is 0.480 e. The van der Waals surface area contributed by atoms with Crippen LogP contribution < -0.4 is 50.4 Å². The monoisotopic (exact) mass is 515 g/mol. The Morgan fingerprint density at radius 2 is 1.22 bits per heavy atom. The molecule has 0 aliphatic heterocycles. The summed E-state index contributed by atoms with van der Waals surface area (Å²) in [5, 5.41) is 16.5. The normalized spacial score (nSPS) is 13.7. The minimum absolute atomic E-state index is 0.0414. The first kappa shape index (κ1) is 31.8. The van der Waals surface area contributed by atoms with Gasteiger partial charge in [0.15, 0.2) is 11.9 Å². The maximum absolute atomic E-state index is 12.8. The summed E-state index contributed by atoms with van der Waals surface area (Å²) in [5.41, 5.74) is 31.6. The molecule has 16 N–H and O–H groups in total. The number of carboxylic acids is 1. The zero-order valence-electron chi connectivity index (χ0n) is 20.1. The van der Waals surface area contributed by atoms with E-state index >= 15 is 0 Å². The highest BCUT2D eigenvalue weighted by Gasteiger charge is 2.28. The van der Waals surface area contributed by atoms with Gasteiger partial charge in [0.05, 0.1) is 12.5 Å². The summed E-state index contributed by atoms with van der Waals surface area (Å²) >= 11 is 0. The highest BCUT2D eigenvalue weighted by molar-refractivity contribution is 5.94. The molecular weight excluding hydrogens is 478 g/mol. The Labute approximate surface area is 207 Å². The van der Waals surface area contributed by atoms with E-state index in [1.54, 1.807) is 0 Å². The second-order valence-electron chi connectivity index (χ2n) is 7.87. The van der Waals surface area contributed by atoms with Crippen LogP contribution in [0.5, 0.6) is 0 Å². The van der Waals surface area contributed by atoms with E-state index in [2.05, 4.69) is 25.9 Å². The van der Waals surface area contributed by atoms with Gasteiger partial charge in [-0.2, -0.15) is 0 Å². The third-order valence-electron chi connectivity index (χ3n) is 4.65. The Bertz CT molecular complexity index is 840. The van der Waals surface area contributed by atoms with Crippen molar-refractivity contribution in [2.24, 2.45) is 44.4 Å². The molecule has 0 aromatic rings. The van der Waals surface area contributed by atoms with Crippen LogP contribution in [0.15, 0.2) is 9.98 Å². The predicted molar refractivity (Wildman–Crippen MR) is 131 cm³/mol. The Morgan fingerprint density at radius 3 is 1.67 bits per heavy atom. The van der Waals surface area contributed by atoms with Gasteiger partial charge in [0.1, 0.15) is 18.1 Å². The quantitative estimate of drug-likeness (QED) is 0.0495. The third-order valence-corrected chi connectivity index (χ3v) is 4.65. The molecule has 0 radical (unpaired) electrons. The molecule has 36 heavy (non-hydrogen) atoms. The van der Waals surface area contributed by atoms with Crippen LogP contribution in [-0.2, 0) is 24.0 Å². The Morgan fingerprint density at radius 1 is 0.750 bits per heavy atom. The summed E-state index contributed by atoms with van der Waals surface area (Å²) in [5.74, 6) is -4.70. The highest BCUT2D eigenvalue weighted by atomic mass is 16.4. The molecule has 0 fully saturated rings. The topological polar surface area (TPSA) is 323 Å². The van der Waals surface area contributed by atoms with E-state index in [1.807, 2.05) is 0 Å². The summed E-state index contributed by atoms with van der Waals surface area (Å²) < 4.78 is 0. The summed E-state index contributed by atoms with van der Waals surface area (Å²) in [6.07, 6.45) is 0.227. The van der Waals surface area contributed by atoms with Gasteiger partial charge in [0, 0.05) is 13.1 Å². The fourth-order valence-electron chi connectivity index (χ4n) is 2.80. The standard InChI is InChI=1S/C19H37N11O6/c1-9(14(32)30-12(17(35)36)5-3-7-27-19(24)25)28-16(34)11(4-2-6-26-18(22)23)29-15(33)10(20)8-13(21)31/h9-12H,2-8,20H2,1H3,(H2,21,31)(H,28,34)(H,29,33)(H,30,32)(H,35,36)(H4,22,23,26)(H4,24,25,27). The van der Waals surface area contributed by atoms with Crippen molar-refractivity contribution in [1.29, 1.82) is 0 Å². The van der Waals surface area contributed by atoms with Crippen molar-refractivity contribution in [3.63, 3.8) is 0 Å². The molecule has 0 rings (SSSR count). The molecule has 4 unspecified atom stereocenters. The van der Waals surface area contributed by atoms with Crippen LogP contribution in [0.1, 0.15) is 39.0 Å². The van der Waals surface area contributed by atoms with Crippen molar-refractivity contribution in [2.75, 3.05) is 13.1 Å². The second-order valence-corrected chi connectivity index (χ2v) is 7.87. The summed E-state index contributed by atoms with van der Waals surface area (Å²) in [6, 6.07) is -4.84. The van der Waals surface area contributed by atoms with Crippen molar-refractivity contribution in [3.8, 4) is 0 Å². The number of nitrogens with one attached hydrogen (secondary N) is 3. The van der Waals surface area contributed by atoms with E-state index in [0.29, 0.717) is 0 Å². The van der Waals surface area contributed by atoms with Gasteiger partial charge in [-0.3, -0.25) is 29.2 Å². The number of rotatable bonds is 17. The van der Waals surface area contributed by atoms with Gasteiger partial charge in [0.25, 0.3) is 0 Å². The van der Waals surface area contributed by atoms with Gasteiger partial charge in [-0.25, -0.2) is 4.79 Å². The van der Waals surface area contributed by atoms with Gasteiger partial charge < -0.3 is 55.5 Å². The number of amides is 4. The van der Waals surface area contributed by atoms with Crippen LogP contribution in [0.25, 0.3) is 0 Å². The lowest BCUT2D eigenvalue weighted by molar-refractivity contribution is -0.142. The number of guanidine groups is 2. The van der Waals surface area contributed by atoms with Crippen LogP contribution in [0.2, 0.25) is 0 Å². The number of aliphatic imine (C=N–C) groups is 2. The number of carboxylic acid groups (broad SMARTS) is 1. The lowest BCUT2D eigenvalue weighted by Crippen LogP contribution is -2.56. The van der Waals surface area contributed by atoms with Gasteiger partial charge >= 0.3 is 5.97 Å². The predicted octanol–water partition coefficient (Wildman–Crippen LogP) is -5.14. The molecule has 0 aliphatic rings. The van der Waals surface area contributed by atoms with E-state index in [9.17, 15) is 29.1 Å². The van der Waals surface area contributed by atoms with Crippen molar-refractivity contribution in [1.82, 2.24) is 16.0 Å². The zero-order chi connectivity index (χ0) is 27.8. The summed E-state index contributed by atoms with van der Waals surface area (Å²) in [7, 11) is 0. The van der Waals surface area contributed by atoms with E-state index < -0.39 is 60.2 Å². The Balaban J connectivity index is 5.17. The molecule has 0 saturated heterocycles. The van der Waals surface area contributed by atoms with Crippen LogP contribution >= 0.6 is 0 Å². The molecule has 0 bridgehead atoms. The number of aliphatic carboxylic acids is 1. The fraction of sp³-hybridized carbons (Fsp3) is 0.632. The van der Waals surface area contributed by atoms with Gasteiger partial charge in [-0.05, 0) is 32.6 Å². The average Bonchev–Trinajstić information content (AvgIpc) is 2.76. The maximum Gasteiger partial charge on any atom is 0.326 e. The second kappa shape index (κ2) is 16.5. The molecule has 0 aromatic heterocycles. The minimum atomic E-state index is -1.29. The van der Waals surface area contributed by atoms with Crippen LogP contribution in [0.4, 0.5) is 0 Å². The summed E-state index contributed by atoms with van der Waals surface area (Å²) in [4.78, 5) is 67.6. The van der Waals surface area contributed by atoms with Crippen molar-refractivity contribution in [2.45, 2.75) is 63.2 Å². The molecule has 0 saturated carbocycles. The van der Waals surface area contributed by atoms with Crippen LogP contribution in [0.3, 0.4) is 0 Å². The molecule has 204 valence electrons. The fourth-order valence-corrected chi connectivity index (χ4v) is 2.80. The molecule has 17 nitrogen and oxygen atoms in total. The average molecular weight is 516 g/mol. The van der Waals surface area contributed by atoms with E-state index in [4.69, 9.17) is 34.4 Å². The number of carbonyl (C=O) groups excluding carboxylic acids is 4. The molecule has 0 aliphatic carbocycles. The van der Waals surface area contributed by atoms with Gasteiger partial charge in [-0.15, -0.1) is 0 Å². The number of hydrogen-bond donors (Lipinski definition) is 10. The first-order valence-electron chi connectivity index (χ1n) is 11.0. The lowest BCUT2D eigenvalue weighted by Gasteiger charge is -2.23. The first-order chi connectivity index (χ1) is 16.7. The minimum Gasteiger partial charge on any atom is -0.480 e. The van der Waals surface area contributed by atoms with Crippen molar-refractivity contribution < 1.29 is 29.1 Å². The van der Waals surface area contributed by atoms with E-state index in [1.165, 1.54) is 6.92 Å². The summed E-state index contributed by atoms with van der Waals surface area (Å²) in [6.45, 7) is 1.67. The molecule has 0 heterocycles. The number of nitrogens with zero attached hydrogens (tertiary/aromatic N) is 2. The number of primary amides is 1. The number of hydrogen-bond acceptors (Lipinski definition) is 8. The maximum atomic E-state index is 12.8. The molecule has 4 amide bonds. The molecular formula is C19H37N11O6. The molecule has 17 heteroatoms. The number of carbonyl (C=O) groups is 5. The SMILES string of the molecule is CC(NC(=O)C(CCCN=C(N)N)NC(=O)C(N)CC(N)=O)C(=O)NC(CCCN=C(N)N)C(=O)O. The highest BCUT2D eigenvalue weighted by Crippen LogP contribution is 2.03. The molecule has 4 atom stereocenters. The van der Waals surface area contributed by atoms with E-state index in [0.717, 1.165) is 0 Å². The lowest BCUT2D eigenvalue weighted by atomic mass is 10.1. The van der Waals surface area contributed by atoms with Crippen molar-refractivity contribution in [3.05, 3.63) is 0 Å². The third kappa shape index (κ3) is 14.2. The Kier molecular flexibility index (Phi) is 14.6.